The van der Waals surface area contributed by atoms with E-state index in [0.717, 1.165) is 6.07 Å². The fourth-order valence-corrected chi connectivity index (χ4v) is 2.72. The summed E-state index contributed by atoms with van der Waals surface area (Å²) in [4.78, 5) is 27.5. The fourth-order valence-electron chi connectivity index (χ4n) is 2.72. The van der Waals surface area contributed by atoms with Crippen molar-refractivity contribution in [1.82, 2.24) is 9.80 Å². The molecule has 0 unspecified atom stereocenters. The molecule has 0 atom stereocenters. The van der Waals surface area contributed by atoms with E-state index in [0.29, 0.717) is 19.5 Å². The lowest BCUT2D eigenvalue weighted by atomic mass is 10.1. The van der Waals surface area contributed by atoms with Crippen LogP contribution in [0.2, 0.25) is 0 Å². The second kappa shape index (κ2) is 7.23. The molecule has 7 heteroatoms. The average molecular weight is 342 g/mol. The number of halogens is 3. The zero-order valence-electron chi connectivity index (χ0n) is 13.8. The van der Waals surface area contributed by atoms with Gasteiger partial charge in [0.25, 0.3) is 5.91 Å². The van der Waals surface area contributed by atoms with Gasteiger partial charge in [-0.25, -0.2) is 0 Å². The van der Waals surface area contributed by atoms with E-state index in [1.165, 1.54) is 23.1 Å². The highest BCUT2D eigenvalue weighted by molar-refractivity contribution is 5.96. The summed E-state index contributed by atoms with van der Waals surface area (Å²) < 4.78 is 39.1. The number of carbonyl (C=O) groups excluding carboxylic acids is 2. The molecule has 1 fully saturated rings. The Morgan fingerprint density at radius 1 is 1.04 bits per heavy atom. The van der Waals surface area contributed by atoms with Gasteiger partial charge in [0.1, 0.15) is 0 Å². The molecule has 1 aromatic rings. The largest absolute Gasteiger partial charge is 0.417 e. The predicted octanol–water partition coefficient (Wildman–Crippen LogP) is 3.04. The number of nitrogens with zero attached hydrogens (tertiary/aromatic N) is 2. The first kappa shape index (κ1) is 18.3. The Kier molecular flexibility index (Phi) is 5.51. The van der Waals surface area contributed by atoms with Crippen LogP contribution in [0, 0.1) is 5.92 Å². The van der Waals surface area contributed by atoms with Gasteiger partial charge in [0.05, 0.1) is 11.1 Å². The lowest BCUT2D eigenvalue weighted by Crippen LogP contribution is -2.51. The van der Waals surface area contributed by atoms with Crippen LogP contribution in [0.15, 0.2) is 24.3 Å². The Morgan fingerprint density at radius 3 is 2.12 bits per heavy atom. The Balaban J connectivity index is 2.05. The van der Waals surface area contributed by atoms with Crippen molar-refractivity contribution in [2.24, 2.45) is 5.92 Å². The SMILES string of the molecule is CC(C)CC(=O)N1CCN(C(=O)c2ccccc2C(F)(F)F)CC1. The molecule has 132 valence electrons. The highest BCUT2D eigenvalue weighted by atomic mass is 19.4. The first-order valence-corrected chi connectivity index (χ1v) is 7.93. The summed E-state index contributed by atoms with van der Waals surface area (Å²) in [6, 6.07) is 4.80. The molecule has 0 radical (unpaired) electrons. The van der Waals surface area contributed by atoms with Crippen LogP contribution in [-0.2, 0) is 11.0 Å². The van der Waals surface area contributed by atoms with Crippen molar-refractivity contribution in [3.05, 3.63) is 35.4 Å². The van der Waals surface area contributed by atoms with Gasteiger partial charge in [0.15, 0.2) is 0 Å². The van der Waals surface area contributed by atoms with E-state index in [-0.39, 0.29) is 30.5 Å². The molecule has 1 aromatic carbocycles. The van der Waals surface area contributed by atoms with Gasteiger partial charge in [0, 0.05) is 32.6 Å². The highest BCUT2D eigenvalue weighted by Gasteiger charge is 2.36. The molecule has 1 saturated heterocycles. The number of amides is 2. The first-order valence-electron chi connectivity index (χ1n) is 7.93. The third kappa shape index (κ3) is 4.27. The second-order valence-corrected chi connectivity index (χ2v) is 6.31. The van der Waals surface area contributed by atoms with Gasteiger partial charge in [-0.15, -0.1) is 0 Å². The lowest BCUT2D eigenvalue weighted by molar-refractivity contribution is -0.138. The van der Waals surface area contributed by atoms with Gasteiger partial charge < -0.3 is 9.80 Å². The molecular formula is C17H21F3N2O2. The van der Waals surface area contributed by atoms with Crippen molar-refractivity contribution in [3.63, 3.8) is 0 Å². The van der Waals surface area contributed by atoms with Crippen LogP contribution in [0.4, 0.5) is 13.2 Å². The van der Waals surface area contributed by atoms with Crippen LogP contribution < -0.4 is 0 Å². The summed E-state index contributed by atoms with van der Waals surface area (Å²) in [7, 11) is 0. The zero-order valence-corrected chi connectivity index (χ0v) is 13.8. The van der Waals surface area contributed by atoms with Crippen LogP contribution >= 0.6 is 0 Å². The van der Waals surface area contributed by atoms with Gasteiger partial charge in [-0.1, -0.05) is 26.0 Å². The number of rotatable bonds is 3. The molecule has 0 bridgehead atoms. The van der Waals surface area contributed by atoms with E-state index >= 15 is 0 Å². The fraction of sp³-hybridized carbons (Fsp3) is 0.529. The van der Waals surface area contributed by atoms with E-state index < -0.39 is 17.6 Å². The molecule has 0 N–H and O–H groups in total. The number of hydrogen-bond donors (Lipinski definition) is 0. The number of piperazine rings is 1. The van der Waals surface area contributed by atoms with Crippen molar-refractivity contribution >= 4 is 11.8 Å². The highest BCUT2D eigenvalue weighted by Crippen LogP contribution is 2.32. The van der Waals surface area contributed by atoms with E-state index in [1.54, 1.807) is 4.90 Å². The molecule has 0 spiro atoms. The Labute approximate surface area is 139 Å². The molecule has 0 saturated carbocycles. The predicted molar refractivity (Wildman–Crippen MR) is 83.4 cm³/mol. The third-order valence-corrected chi connectivity index (χ3v) is 3.97. The van der Waals surface area contributed by atoms with E-state index in [2.05, 4.69) is 0 Å². The molecular weight excluding hydrogens is 321 g/mol. The molecule has 4 nitrogen and oxygen atoms in total. The van der Waals surface area contributed by atoms with Gasteiger partial charge >= 0.3 is 6.18 Å². The Morgan fingerprint density at radius 2 is 1.58 bits per heavy atom. The van der Waals surface area contributed by atoms with Crippen molar-refractivity contribution < 1.29 is 22.8 Å². The maximum absolute atomic E-state index is 13.0. The van der Waals surface area contributed by atoms with E-state index in [9.17, 15) is 22.8 Å². The Bertz CT molecular complexity index is 606. The molecule has 2 rings (SSSR count). The van der Waals surface area contributed by atoms with E-state index in [4.69, 9.17) is 0 Å². The van der Waals surface area contributed by atoms with Crippen LogP contribution in [-0.4, -0.2) is 47.8 Å². The van der Waals surface area contributed by atoms with Crippen LogP contribution in [0.25, 0.3) is 0 Å². The van der Waals surface area contributed by atoms with Crippen molar-refractivity contribution in [3.8, 4) is 0 Å². The topological polar surface area (TPSA) is 40.6 Å². The molecule has 0 aromatic heterocycles. The van der Waals surface area contributed by atoms with E-state index in [1.807, 2.05) is 13.8 Å². The molecule has 0 aliphatic carbocycles. The third-order valence-electron chi connectivity index (χ3n) is 3.97. The molecule has 2 amide bonds. The minimum Gasteiger partial charge on any atom is -0.339 e. The lowest BCUT2D eigenvalue weighted by Gasteiger charge is -2.35. The Hall–Kier alpha value is -2.05. The first-order chi connectivity index (χ1) is 11.2. The second-order valence-electron chi connectivity index (χ2n) is 6.31. The van der Waals surface area contributed by atoms with Gasteiger partial charge in [-0.3, -0.25) is 9.59 Å². The summed E-state index contributed by atoms with van der Waals surface area (Å²) in [6.45, 7) is 5.10. The van der Waals surface area contributed by atoms with Crippen LogP contribution in [0.1, 0.15) is 36.2 Å². The number of alkyl halides is 3. The zero-order chi connectivity index (χ0) is 17.9. The minimum absolute atomic E-state index is 0.0211. The summed E-state index contributed by atoms with van der Waals surface area (Å²) in [6.07, 6.45) is -4.13. The summed E-state index contributed by atoms with van der Waals surface area (Å²) in [5.74, 6) is -0.373. The molecule has 24 heavy (non-hydrogen) atoms. The van der Waals surface area contributed by atoms with Gasteiger partial charge in [-0.05, 0) is 18.1 Å². The van der Waals surface area contributed by atoms with Crippen molar-refractivity contribution in [2.45, 2.75) is 26.4 Å². The van der Waals surface area contributed by atoms with Gasteiger partial charge in [-0.2, -0.15) is 13.2 Å². The maximum Gasteiger partial charge on any atom is 0.417 e. The van der Waals surface area contributed by atoms with Crippen molar-refractivity contribution in [1.29, 1.82) is 0 Å². The summed E-state index contributed by atoms with van der Waals surface area (Å²) in [5, 5.41) is 0. The number of benzene rings is 1. The van der Waals surface area contributed by atoms with Crippen molar-refractivity contribution in [2.75, 3.05) is 26.2 Å². The average Bonchev–Trinajstić information content (AvgIpc) is 2.53. The quantitative estimate of drug-likeness (QED) is 0.847. The van der Waals surface area contributed by atoms with Gasteiger partial charge in [0.2, 0.25) is 5.91 Å². The number of carbonyl (C=O) groups is 2. The monoisotopic (exact) mass is 342 g/mol. The number of hydrogen-bond acceptors (Lipinski definition) is 2. The minimum atomic E-state index is -4.57. The normalized spacial score (nSPS) is 15.8. The molecule has 1 heterocycles. The smallest absolute Gasteiger partial charge is 0.339 e. The van der Waals surface area contributed by atoms with Crippen LogP contribution in [0.5, 0.6) is 0 Å². The van der Waals surface area contributed by atoms with Crippen LogP contribution in [0.3, 0.4) is 0 Å². The molecule has 1 aliphatic rings. The summed E-state index contributed by atoms with van der Waals surface area (Å²) >= 11 is 0. The maximum atomic E-state index is 13.0. The molecule has 1 aliphatic heterocycles. The standard InChI is InChI=1S/C17H21F3N2O2/c1-12(2)11-15(23)21-7-9-22(10-8-21)16(24)13-5-3-4-6-14(13)17(18,19)20/h3-6,12H,7-11H2,1-2H3. The summed E-state index contributed by atoms with van der Waals surface area (Å²) in [5.41, 5.74) is -1.26.